The summed E-state index contributed by atoms with van der Waals surface area (Å²) in [5.41, 5.74) is 3.41. The maximum Gasteiger partial charge on any atom is 0.0725 e. The predicted molar refractivity (Wildman–Crippen MR) is 81.5 cm³/mol. The van der Waals surface area contributed by atoms with E-state index in [1.165, 1.54) is 30.3 Å². The van der Waals surface area contributed by atoms with Crippen molar-refractivity contribution < 1.29 is 0 Å². The summed E-state index contributed by atoms with van der Waals surface area (Å²) in [6, 6.07) is 10.5. The highest BCUT2D eigenvalue weighted by Gasteiger charge is 2.21. The van der Waals surface area contributed by atoms with E-state index in [0.29, 0.717) is 0 Å². The molecule has 1 fully saturated rings. The first kappa shape index (κ1) is 12.5. The van der Waals surface area contributed by atoms with E-state index in [4.69, 9.17) is 0 Å². The largest absolute Gasteiger partial charge is 0.384 e. The molecular formula is C17H22N2. The molecule has 1 N–H and O–H groups in total. The van der Waals surface area contributed by atoms with E-state index in [0.717, 1.165) is 29.6 Å². The lowest BCUT2D eigenvalue weighted by atomic mass is 10.1. The third-order valence-electron chi connectivity index (χ3n) is 4.23. The average molecular weight is 254 g/mol. The normalized spacial score (nSPS) is 22.8. The van der Waals surface area contributed by atoms with Crippen LogP contribution >= 0.6 is 0 Å². The molecule has 100 valence electrons. The van der Waals surface area contributed by atoms with Crippen molar-refractivity contribution in [2.45, 2.75) is 33.1 Å². The van der Waals surface area contributed by atoms with E-state index in [2.05, 4.69) is 54.5 Å². The molecule has 2 heteroatoms. The quantitative estimate of drug-likeness (QED) is 0.878. The fourth-order valence-electron chi connectivity index (χ4n) is 3.22. The number of fused-ring (bicyclic) bond motifs is 1. The van der Waals surface area contributed by atoms with Crippen LogP contribution in [0.25, 0.3) is 10.9 Å². The Kier molecular flexibility index (Phi) is 3.41. The van der Waals surface area contributed by atoms with Crippen molar-refractivity contribution >= 4 is 16.6 Å². The topological polar surface area (TPSA) is 24.9 Å². The summed E-state index contributed by atoms with van der Waals surface area (Å²) in [6.07, 6.45) is 4.13. The van der Waals surface area contributed by atoms with Crippen molar-refractivity contribution in [2.24, 2.45) is 11.8 Å². The number of rotatable bonds is 3. The zero-order chi connectivity index (χ0) is 13.2. The monoisotopic (exact) mass is 254 g/mol. The molecule has 19 heavy (non-hydrogen) atoms. The molecule has 0 spiro atoms. The van der Waals surface area contributed by atoms with Crippen molar-refractivity contribution in [1.82, 2.24) is 4.98 Å². The maximum absolute atomic E-state index is 4.59. The number of aromatic nitrogens is 1. The second-order valence-corrected chi connectivity index (χ2v) is 5.99. The van der Waals surface area contributed by atoms with Gasteiger partial charge in [-0.15, -0.1) is 0 Å². The van der Waals surface area contributed by atoms with Gasteiger partial charge >= 0.3 is 0 Å². The Balaban J connectivity index is 1.80. The van der Waals surface area contributed by atoms with Crippen LogP contribution in [0.2, 0.25) is 0 Å². The van der Waals surface area contributed by atoms with Crippen molar-refractivity contribution in [3.05, 3.63) is 36.0 Å². The molecule has 1 aliphatic rings. The van der Waals surface area contributed by atoms with Crippen molar-refractivity contribution in [3.63, 3.8) is 0 Å². The minimum Gasteiger partial charge on any atom is -0.384 e. The number of anilines is 1. The van der Waals surface area contributed by atoms with Gasteiger partial charge in [-0.05, 0) is 43.7 Å². The first-order chi connectivity index (χ1) is 9.22. The van der Waals surface area contributed by atoms with Gasteiger partial charge in [0.1, 0.15) is 0 Å². The second-order valence-electron chi connectivity index (χ2n) is 5.99. The molecule has 2 unspecified atom stereocenters. The van der Waals surface area contributed by atoms with Crippen LogP contribution < -0.4 is 5.32 Å². The van der Waals surface area contributed by atoms with Crippen LogP contribution in [0.4, 0.5) is 5.69 Å². The van der Waals surface area contributed by atoms with Gasteiger partial charge in [0, 0.05) is 23.3 Å². The minimum atomic E-state index is 0.835. The molecule has 0 radical (unpaired) electrons. The zero-order valence-corrected chi connectivity index (χ0v) is 11.8. The molecule has 3 rings (SSSR count). The Morgan fingerprint density at radius 1 is 1.26 bits per heavy atom. The Morgan fingerprint density at radius 3 is 2.89 bits per heavy atom. The summed E-state index contributed by atoms with van der Waals surface area (Å²) in [4.78, 5) is 4.59. The van der Waals surface area contributed by atoms with E-state index in [1.54, 1.807) is 0 Å². The van der Waals surface area contributed by atoms with Gasteiger partial charge in [-0.1, -0.05) is 31.5 Å². The van der Waals surface area contributed by atoms with Crippen LogP contribution in [0.3, 0.4) is 0 Å². The van der Waals surface area contributed by atoms with Crippen molar-refractivity contribution in [3.8, 4) is 0 Å². The molecule has 2 nitrogen and oxygen atoms in total. The fourth-order valence-corrected chi connectivity index (χ4v) is 3.22. The highest BCUT2D eigenvalue weighted by atomic mass is 14.9. The third kappa shape index (κ3) is 2.73. The lowest BCUT2D eigenvalue weighted by molar-refractivity contribution is 0.537. The van der Waals surface area contributed by atoms with Gasteiger partial charge in [0.05, 0.1) is 5.52 Å². The number of para-hydroxylation sites is 1. The molecule has 1 aromatic carbocycles. The van der Waals surface area contributed by atoms with Crippen LogP contribution in [-0.2, 0) is 0 Å². The van der Waals surface area contributed by atoms with Crippen LogP contribution in [0.5, 0.6) is 0 Å². The van der Waals surface area contributed by atoms with Gasteiger partial charge in [-0.2, -0.15) is 0 Å². The summed E-state index contributed by atoms with van der Waals surface area (Å²) >= 11 is 0. The molecule has 0 aliphatic heterocycles. The SMILES string of the molecule is Cc1cc(NCC2CCC(C)C2)c2ccccc2n1. The average Bonchev–Trinajstić information content (AvgIpc) is 2.81. The number of aryl methyl sites for hydroxylation is 1. The molecule has 1 aliphatic carbocycles. The fraction of sp³-hybridized carbons (Fsp3) is 0.471. The van der Waals surface area contributed by atoms with E-state index in [9.17, 15) is 0 Å². The molecule has 0 saturated heterocycles. The summed E-state index contributed by atoms with van der Waals surface area (Å²) in [5.74, 6) is 1.74. The molecular weight excluding hydrogens is 232 g/mol. The van der Waals surface area contributed by atoms with E-state index in [1.807, 2.05) is 0 Å². The zero-order valence-electron chi connectivity index (χ0n) is 11.8. The summed E-state index contributed by atoms with van der Waals surface area (Å²) in [7, 11) is 0. The van der Waals surface area contributed by atoms with E-state index in [-0.39, 0.29) is 0 Å². The smallest absolute Gasteiger partial charge is 0.0725 e. The lowest BCUT2D eigenvalue weighted by Gasteiger charge is -2.14. The first-order valence-corrected chi connectivity index (χ1v) is 7.32. The summed E-state index contributed by atoms with van der Waals surface area (Å²) < 4.78 is 0. The molecule has 1 heterocycles. The second kappa shape index (κ2) is 5.20. The Hall–Kier alpha value is -1.57. The van der Waals surface area contributed by atoms with Crippen LogP contribution in [0, 0.1) is 18.8 Å². The maximum atomic E-state index is 4.59. The molecule has 1 aromatic heterocycles. The summed E-state index contributed by atoms with van der Waals surface area (Å²) in [6.45, 7) is 5.53. The number of hydrogen-bond donors (Lipinski definition) is 1. The van der Waals surface area contributed by atoms with Crippen LogP contribution in [-0.4, -0.2) is 11.5 Å². The van der Waals surface area contributed by atoms with Gasteiger partial charge < -0.3 is 5.32 Å². The standard InChI is InChI=1S/C17H22N2/c1-12-7-8-14(9-12)11-18-17-10-13(2)19-16-6-4-3-5-15(16)17/h3-6,10,12,14H,7-9,11H2,1-2H3,(H,18,19). The predicted octanol–water partition coefficient (Wildman–Crippen LogP) is 4.39. The van der Waals surface area contributed by atoms with Gasteiger partial charge in [0.2, 0.25) is 0 Å². The first-order valence-electron chi connectivity index (χ1n) is 7.32. The Morgan fingerprint density at radius 2 is 2.11 bits per heavy atom. The minimum absolute atomic E-state index is 0.835. The van der Waals surface area contributed by atoms with Crippen molar-refractivity contribution in [1.29, 1.82) is 0 Å². The molecule has 0 amide bonds. The van der Waals surface area contributed by atoms with Crippen molar-refractivity contribution in [2.75, 3.05) is 11.9 Å². The lowest BCUT2D eigenvalue weighted by Crippen LogP contribution is -2.12. The number of nitrogens with zero attached hydrogens (tertiary/aromatic N) is 1. The van der Waals surface area contributed by atoms with Gasteiger partial charge in [-0.25, -0.2) is 0 Å². The Bertz CT molecular complexity index is 576. The molecule has 1 saturated carbocycles. The number of pyridine rings is 1. The van der Waals surface area contributed by atoms with Crippen LogP contribution in [0.15, 0.2) is 30.3 Å². The van der Waals surface area contributed by atoms with Gasteiger partial charge in [0.15, 0.2) is 0 Å². The van der Waals surface area contributed by atoms with Crippen LogP contribution in [0.1, 0.15) is 31.9 Å². The van der Waals surface area contributed by atoms with Gasteiger partial charge in [0.25, 0.3) is 0 Å². The summed E-state index contributed by atoms with van der Waals surface area (Å²) in [5, 5.41) is 4.89. The number of nitrogens with one attached hydrogen (secondary N) is 1. The Labute approximate surface area is 115 Å². The highest BCUT2D eigenvalue weighted by Crippen LogP contribution is 2.31. The molecule has 2 atom stereocenters. The molecule has 0 bridgehead atoms. The van der Waals surface area contributed by atoms with E-state index < -0.39 is 0 Å². The molecule has 2 aromatic rings. The van der Waals surface area contributed by atoms with E-state index >= 15 is 0 Å². The number of hydrogen-bond acceptors (Lipinski definition) is 2. The number of benzene rings is 1. The third-order valence-corrected chi connectivity index (χ3v) is 4.23. The highest BCUT2D eigenvalue weighted by molar-refractivity contribution is 5.91. The van der Waals surface area contributed by atoms with Gasteiger partial charge in [-0.3, -0.25) is 4.98 Å².